The van der Waals surface area contributed by atoms with Gasteiger partial charge in [0.25, 0.3) is 0 Å². The van der Waals surface area contributed by atoms with E-state index in [9.17, 15) is 14.4 Å². The molecule has 1 unspecified atom stereocenters. The SMILES string of the molecule is CCCCCCCNC(=O)C(CCC(=O)O)NC(=O)CCCON. The maximum atomic E-state index is 12.1. The van der Waals surface area contributed by atoms with Gasteiger partial charge in [-0.1, -0.05) is 32.6 Å². The van der Waals surface area contributed by atoms with E-state index in [1.54, 1.807) is 0 Å². The van der Waals surface area contributed by atoms with Crippen LogP contribution < -0.4 is 16.5 Å². The lowest BCUT2D eigenvalue weighted by Crippen LogP contribution is -2.47. The lowest BCUT2D eigenvalue weighted by molar-refractivity contribution is -0.138. The van der Waals surface area contributed by atoms with Gasteiger partial charge in [0.15, 0.2) is 0 Å². The van der Waals surface area contributed by atoms with Crippen molar-refractivity contribution in [2.45, 2.75) is 70.8 Å². The van der Waals surface area contributed by atoms with E-state index in [1.165, 1.54) is 6.42 Å². The number of carbonyl (C=O) groups excluding carboxylic acids is 2. The van der Waals surface area contributed by atoms with Crippen molar-refractivity contribution in [2.75, 3.05) is 13.2 Å². The third-order valence-electron chi connectivity index (χ3n) is 3.54. The number of aliphatic carboxylic acids is 1. The zero-order valence-electron chi connectivity index (χ0n) is 14.5. The summed E-state index contributed by atoms with van der Waals surface area (Å²) in [5.41, 5.74) is 0. The fourth-order valence-corrected chi connectivity index (χ4v) is 2.18. The second-order valence-electron chi connectivity index (χ2n) is 5.73. The van der Waals surface area contributed by atoms with Gasteiger partial charge in [-0.15, -0.1) is 0 Å². The Morgan fingerprint density at radius 3 is 2.42 bits per heavy atom. The molecule has 0 aliphatic heterocycles. The van der Waals surface area contributed by atoms with E-state index in [0.29, 0.717) is 13.0 Å². The van der Waals surface area contributed by atoms with Gasteiger partial charge in [-0.2, -0.15) is 0 Å². The monoisotopic (exact) mass is 345 g/mol. The van der Waals surface area contributed by atoms with Crippen LogP contribution in [0.5, 0.6) is 0 Å². The summed E-state index contributed by atoms with van der Waals surface area (Å²) in [6.07, 6.45) is 5.88. The molecule has 0 heterocycles. The van der Waals surface area contributed by atoms with E-state index >= 15 is 0 Å². The zero-order valence-corrected chi connectivity index (χ0v) is 14.5. The number of carboxylic acid groups (broad SMARTS) is 1. The van der Waals surface area contributed by atoms with E-state index in [-0.39, 0.29) is 37.7 Å². The maximum absolute atomic E-state index is 12.1. The van der Waals surface area contributed by atoms with Crippen LogP contribution in [0.1, 0.15) is 64.7 Å². The van der Waals surface area contributed by atoms with Crippen LogP contribution in [0.3, 0.4) is 0 Å². The predicted molar refractivity (Wildman–Crippen MR) is 89.9 cm³/mol. The molecule has 0 aliphatic carbocycles. The van der Waals surface area contributed by atoms with Gasteiger partial charge in [0.05, 0.1) is 6.61 Å². The fourth-order valence-electron chi connectivity index (χ4n) is 2.18. The average Bonchev–Trinajstić information content (AvgIpc) is 2.54. The Labute approximate surface area is 143 Å². The third-order valence-corrected chi connectivity index (χ3v) is 3.54. The summed E-state index contributed by atoms with van der Waals surface area (Å²) in [4.78, 5) is 39.0. The molecule has 1 atom stereocenters. The summed E-state index contributed by atoms with van der Waals surface area (Å²) in [6.45, 7) is 2.91. The van der Waals surface area contributed by atoms with Gasteiger partial charge in [0.2, 0.25) is 11.8 Å². The number of hydrogen-bond acceptors (Lipinski definition) is 5. The van der Waals surface area contributed by atoms with Crippen molar-refractivity contribution in [3.05, 3.63) is 0 Å². The molecule has 140 valence electrons. The van der Waals surface area contributed by atoms with Crippen molar-refractivity contribution < 1.29 is 24.3 Å². The summed E-state index contributed by atoms with van der Waals surface area (Å²) >= 11 is 0. The first-order valence-corrected chi connectivity index (χ1v) is 8.61. The van der Waals surface area contributed by atoms with Crippen LogP contribution in [0.2, 0.25) is 0 Å². The summed E-state index contributed by atoms with van der Waals surface area (Å²) in [5, 5.41) is 14.1. The molecule has 8 nitrogen and oxygen atoms in total. The second kappa shape index (κ2) is 14.9. The first-order chi connectivity index (χ1) is 11.5. The second-order valence-corrected chi connectivity index (χ2v) is 5.73. The van der Waals surface area contributed by atoms with Crippen molar-refractivity contribution in [1.82, 2.24) is 10.6 Å². The molecular formula is C16H31N3O5. The molecule has 0 saturated carbocycles. The molecule has 0 fully saturated rings. The number of unbranched alkanes of at least 4 members (excludes halogenated alkanes) is 4. The minimum atomic E-state index is -1.00. The highest BCUT2D eigenvalue weighted by molar-refractivity contribution is 5.87. The minimum absolute atomic E-state index is 0.0656. The number of nitrogens with two attached hydrogens (primary N) is 1. The minimum Gasteiger partial charge on any atom is -0.481 e. The summed E-state index contributed by atoms with van der Waals surface area (Å²) < 4.78 is 0. The molecule has 0 aromatic rings. The van der Waals surface area contributed by atoms with Crippen LogP contribution in [-0.4, -0.2) is 42.1 Å². The van der Waals surface area contributed by atoms with E-state index in [2.05, 4.69) is 22.4 Å². The van der Waals surface area contributed by atoms with Gasteiger partial charge in [-0.3, -0.25) is 14.4 Å². The quantitative estimate of drug-likeness (QED) is 0.260. The molecule has 0 aromatic heterocycles. The Kier molecular flexibility index (Phi) is 13.9. The van der Waals surface area contributed by atoms with Crippen molar-refractivity contribution in [3.63, 3.8) is 0 Å². The topological polar surface area (TPSA) is 131 Å². The number of nitrogens with one attached hydrogen (secondary N) is 2. The van der Waals surface area contributed by atoms with Crippen LogP contribution in [0.25, 0.3) is 0 Å². The number of carboxylic acids is 1. The molecule has 24 heavy (non-hydrogen) atoms. The van der Waals surface area contributed by atoms with Gasteiger partial charge < -0.3 is 20.6 Å². The zero-order chi connectivity index (χ0) is 18.2. The number of hydrogen-bond donors (Lipinski definition) is 4. The van der Waals surface area contributed by atoms with Crippen molar-refractivity contribution >= 4 is 17.8 Å². The van der Waals surface area contributed by atoms with Gasteiger partial charge in [-0.05, 0) is 19.3 Å². The number of carbonyl (C=O) groups is 3. The highest BCUT2D eigenvalue weighted by Gasteiger charge is 2.21. The molecule has 0 aromatic carbocycles. The van der Waals surface area contributed by atoms with Gasteiger partial charge in [0, 0.05) is 19.4 Å². The van der Waals surface area contributed by atoms with Crippen LogP contribution in [0.15, 0.2) is 0 Å². The largest absolute Gasteiger partial charge is 0.481 e. The standard InChI is InChI=1S/C16H31N3O5/c1-2-3-4-5-6-11-18-16(23)13(9-10-15(21)22)19-14(20)8-7-12-24-17/h13H,2-12,17H2,1H3,(H,18,23)(H,19,20)(H,21,22). The Morgan fingerprint density at radius 2 is 1.79 bits per heavy atom. The van der Waals surface area contributed by atoms with Crippen LogP contribution >= 0.6 is 0 Å². The summed E-state index contributed by atoms with van der Waals surface area (Å²) in [5.74, 6) is 3.22. The van der Waals surface area contributed by atoms with E-state index in [0.717, 1.165) is 25.7 Å². The molecule has 0 aliphatic rings. The van der Waals surface area contributed by atoms with E-state index in [4.69, 9.17) is 11.0 Å². The molecule has 0 rings (SSSR count). The lowest BCUT2D eigenvalue weighted by Gasteiger charge is -2.18. The Bertz CT molecular complexity index is 377. The van der Waals surface area contributed by atoms with Crippen molar-refractivity contribution in [2.24, 2.45) is 5.90 Å². The first-order valence-electron chi connectivity index (χ1n) is 8.61. The van der Waals surface area contributed by atoms with Crippen LogP contribution in [0.4, 0.5) is 0 Å². The van der Waals surface area contributed by atoms with Crippen LogP contribution in [0, 0.1) is 0 Å². The third kappa shape index (κ3) is 12.8. The van der Waals surface area contributed by atoms with E-state index in [1.807, 2.05) is 0 Å². The molecule has 0 saturated heterocycles. The van der Waals surface area contributed by atoms with E-state index < -0.39 is 12.0 Å². The molecule has 8 heteroatoms. The predicted octanol–water partition coefficient (Wildman–Crippen LogP) is 1.09. The normalized spacial score (nSPS) is 11.8. The Balaban J connectivity index is 4.23. The van der Waals surface area contributed by atoms with Crippen molar-refractivity contribution in [3.8, 4) is 0 Å². The smallest absolute Gasteiger partial charge is 0.303 e. The number of amides is 2. The molecule has 0 radical (unpaired) electrons. The van der Waals surface area contributed by atoms with Crippen molar-refractivity contribution in [1.29, 1.82) is 0 Å². The highest BCUT2D eigenvalue weighted by Crippen LogP contribution is 2.03. The molecule has 0 bridgehead atoms. The number of rotatable bonds is 15. The Morgan fingerprint density at radius 1 is 1.08 bits per heavy atom. The van der Waals surface area contributed by atoms with Gasteiger partial charge in [0.1, 0.15) is 6.04 Å². The molecule has 2 amide bonds. The lowest BCUT2D eigenvalue weighted by atomic mass is 10.1. The summed E-state index contributed by atoms with van der Waals surface area (Å²) in [7, 11) is 0. The Hall–Kier alpha value is -1.67. The van der Waals surface area contributed by atoms with Gasteiger partial charge in [-0.25, -0.2) is 5.90 Å². The molecular weight excluding hydrogens is 314 g/mol. The molecule has 5 N–H and O–H groups in total. The van der Waals surface area contributed by atoms with Gasteiger partial charge >= 0.3 is 5.97 Å². The average molecular weight is 345 g/mol. The van der Waals surface area contributed by atoms with Crippen LogP contribution in [-0.2, 0) is 19.2 Å². The highest BCUT2D eigenvalue weighted by atomic mass is 16.6. The molecule has 0 spiro atoms. The maximum Gasteiger partial charge on any atom is 0.303 e. The fraction of sp³-hybridized carbons (Fsp3) is 0.812. The first kappa shape index (κ1) is 22.3. The summed E-state index contributed by atoms with van der Waals surface area (Å²) in [6, 6.07) is -0.831.